The zero-order valence-corrected chi connectivity index (χ0v) is 32.2. The molecule has 0 spiro atoms. The van der Waals surface area contributed by atoms with Crippen LogP contribution in [0.25, 0.3) is 27.6 Å². The third kappa shape index (κ3) is 5.67. The van der Waals surface area contributed by atoms with Gasteiger partial charge in [0.2, 0.25) is 0 Å². The van der Waals surface area contributed by atoms with Crippen LogP contribution < -0.4 is 10.1 Å². The van der Waals surface area contributed by atoms with E-state index in [0.717, 1.165) is 78.2 Å². The molecular formula is C49H35N4OPt-. The molecule has 0 unspecified atom stereocenters. The molecule has 6 heteroatoms. The van der Waals surface area contributed by atoms with E-state index in [1.54, 1.807) is 0 Å². The molecule has 0 amide bonds. The van der Waals surface area contributed by atoms with Crippen molar-refractivity contribution in [1.29, 1.82) is 0 Å². The van der Waals surface area contributed by atoms with E-state index in [4.69, 9.17) is 9.92 Å². The summed E-state index contributed by atoms with van der Waals surface area (Å²) >= 11 is 0. The average Bonchev–Trinajstić information content (AvgIpc) is 3.79. The van der Waals surface area contributed by atoms with Crippen molar-refractivity contribution in [1.82, 2.24) is 9.55 Å². The number of pyridine rings is 1. The summed E-state index contributed by atoms with van der Waals surface area (Å²) in [5.41, 5.74) is 10.5. The molecular weight excluding hydrogens is 856 g/mol. The summed E-state index contributed by atoms with van der Waals surface area (Å²) in [5.74, 6) is 0.866. The molecule has 1 aliphatic rings. The van der Waals surface area contributed by atoms with Crippen LogP contribution in [0.5, 0.6) is 0 Å². The average molecular weight is 891 g/mol. The Kier molecular flexibility index (Phi) is 8.90. The van der Waals surface area contributed by atoms with Gasteiger partial charge in [0.05, 0.1) is 0 Å². The van der Waals surface area contributed by atoms with Crippen molar-refractivity contribution >= 4 is 44.6 Å². The van der Waals surface area contributed by atoms with Gasteiger partial charge in [-0.15, -0.1) is 33.7 Å². The van der Waals surface area contributed by atoms with Crippen molar-refractivity contribution in [3.63, 3.8) is 0 Å². The number of aromatic nitrogens is 2. The third-order valence-electron chi connectivity index (χ3n) is 10.5. The van der Waals surface area contributed by atoms with Gasteiger partial charge < -0.3 is 4.57 Å². The first-order valence-electron chi connectivity index (χ1n) is 18.2. The van der Waals surface area contributed by atoms with E-state index in [1.807, 2.05) is 40.6 Å². The number of nitrogens with zero attached hydrogens (tertiary/aromatic N) is 4. The molecule has 1 N–H and O–H groups in total. The maximum Gasteiger partial charge on any atom is 0.148 e. The number of aryl methyl sites for hydroxylation is 1. The Morgan fingerprint density at radius 1 is 0.545 bits per heavy atom. The van der Waals surface area contributed by atoms with Gasteiger partial charge in [0.1, 0.15) is 22.9 Å². The minimum Gasteiger partial charge on any atom is -0.319 e. The van der Waals surface area contributed by atoms with Crippen LogP contribution in [0.4, 0.5) is 22.7 Å². The second kappa shape index (κ2) is 14.2. The monoisotopic (exact) mass is 890 g/mol. The standard InChI is InChI=1S/C49H34N4O.Pt/c1-35-30-31-50-48(32-35)51-44-25-12-11-24-42(44)43-29-28-39(34-47(43)51)49(36-16-5-2-6-17-36,37-18-7-3-8-19-37)38-20-15-23-41(33-38)53-46-27-14-13-26-45(46)52(54-53)40-21-9-4-10-22-40;/h2-32H,1H3;/q-2;/p+1. The maximum absolute atomic E-state index is 5.17. The van der Waals surface area contributed by atoms with E-state index < -0.39 is 5.41 Å². The fraction of sp³-hybridized carbons (Fsp3) is 0.0408. The third-order valence-corrected chi connectivity index (χ3v) is 10.5. The second-order valence-electron chi connectivity index (χ2n) is 13.6. The molecule has 0 saturated carbocycles. The summed E-state index contributed by atoms with van der Waals surface area (Å²) in [6.45, 7) is 2.11. The normalized spacial score (nSPS) is 12.5. The van der Waals surface area contributed by atoms with Crippen LogP contribution in [-0.4, -0.2) is 14.5 Å². The zero-order valence-electron chi connectivity index (χ0n) is 30.0. The number of para-hydroxylation sites is 4. The van der Waals surface area contributed by atoms with Gasteiger partial charge in [-0.3, -0.25) is 0 Å². The molecule has 9 aromatic rings. The van der Waals surface area contributed by atoms with Gasteiger partial charge in [0.15, 0.2) is 0 Å². The Balaban J connectivity index is 0.00000397. The Labute approximate surface area is 334 Å². The number of fused-ring (bicyclic) bond motifs is 4. The van der Waals surface area contributed by atoms with Crippen molar-refractivity contribution < 1.29 is 26.0 Å². The van der Waals surface area contributed by atoms with Gasteiger partial charge in [-0.1, -0.05) is 120 Å². The van der Waals surface area contributed by atoms with Crippen LogP contribution in [0, 0.1) is 19.1 Å². The Morgan fingerprint density at radius 2 is 1.16 bits per heavy atom. The molecule has 1 aliphatic heterocycles. The smallest absolute Gasteiger partial charge is 0.148 e. The molecule has 0 aliphatic carbocycles. The quantitative estimate of drug-likeness (QED) is 0.0909. The molecule has 2 aromatic heterocycles. The molecule has 3 heterocycles. The molecule has 0 fully saturated rings. The molecule has 0 radical (unpaired) electrons. The molecule has 10 rings (SSSR count). The first-order chi connectivity index (χ1) is 26.7. The number of hydrogen-bond acceptors (Lipinski definition) is 3. The van der Waals surface area contributed by atoms with Crippen LogP contribution in [0.3, 0.4) is 0 Å². The minimum absolute atomic E-state index is 0. The molecule has 268 valence electrons. The number of anilines is 4. The fourth-order valence-electron chi connectivity index (χ4n) is 8.05. The Hall–Kier alpha value is -6.26. The van der Waals surface area contributed by atoms with Crippen LogP contribution in [-0.2, 0) is 26.5 Å². The largest absolute Gasteiger partial charge is 0.319 e. The van der Waals surface area contributed by atoms with Gasteiger partial charge in [-0.25, -0.2) is 4.98 Å². The fourth-order valence-corrected chi connectivity index (χ4v) is 8.05. The Bertz CT molecular complexity index is 2750. The summed E-state index contributed by atoms with van der Waals surface area (Å²) < 4.78 is 2.25. The first-order valence-corrected chi connectivity index (χ1v) is 18.2. The first kappa shape index (κ1) is 34.5. The summed E-state index contributed by atoms with van der Waals surface area (Å²) in [6.07, 6.45) is 1.88. The predicted molar refractivity (Wildman–Crippen MR) is 218 cm³/mol. The summed E-state index contributed by atoms with van der Waals surface area (Å²) in [7, 11) is 0. The summed E-state index contributed by atoms with van der Waals surface area (Å²) in [4.78, 5) is 10.0. The van der Waals surface area contributed by atoms with E-state index in [0.29, 0.717) is 0 Å². The molecule has 55 heavy (non-hydrogen) atoms. The SMILES string of the molecule is Cc1ccnc(-n2c3[c-]c(C(c4[c-]c(N5[OH+]N(c6ccccc6)c6ccccc65)ccc4)(c4ccccc4)c4ccccc4)ccc3c3ccccc32)c1.[Pt]. The predicted octanol–water partition coefficient (Wildman–Crippen LogP) is 11.6. The van der Waals surface area contributed by atoms with E-state index in [-0.39, 0.29) is 21.1 Å². The van der Waals surface area contributed by atoms with E-state index in [1.165, 1.54) is 0 Å². The maximum atomic E-state index is 5.17. The number of benzene rings is 7. The molecule has 0 atom stereocenters. The summed E-state index contributed by atoms with van der Waals surface area (Å²) in [6, 6.07) is 71.7. The molecule has 7 aromatic carbocycles. The van der Waals surface area contributed by atoms with Crippen molar-refractivity contribution in [3.05, 3.63) is 228 Å². The molecule has 0 saturated heterocycles. The molecule has 5 nitrogen and oxygen atoms in total. The van der Waals surface area contributed by atoms with E-state index >= 15 is 0 Å². The van der Waals surface area contributed by atoms with Crippen molar-refractivity contribution in [2.45, 2.75) is 12.3 Å². The van der Waals surface area contributed by atoms with Crippen LogP contribution >= 0.6 is 0 Å². The minimum atomic E-state index is -0.799. The Morgan fingerprint density at radius 3 is 1.87 bits per heavy atom. The van der Waals surface area contributed by atoms with Gasteiger partial charge in [-0.2, -0.15) is 35.3 Å². The van der Waals surface area contributed by atoms with Crippen molar-refractivity contribution in [3.8, 4) is 5.82 Å². The number of hydrogen-bond donors (Lipinski definition) is 0. The van der Waals surface area contributed by atoms with Gasteiger partial charge in [0, 0.05) is 43.9 Å². The van der Waals surface area contributed by atoms with Crippen LogP contribution in [0.15, 0.2) is 188 Å². The zero-order chi connectivity index (χ0) is 36.1. The van der Waals surface area contributed by atoms with Gasteiger partial charge in [0.25, 0.3) is 0 Å². The van der Waals surface area contributed by atoms with Crippen LogP contribution in [0.1, 0.15) is 27.8 Å². The number of rotatable bonds is 7. The van der Waals surface area contributed by atoms with Crippen LogP contribution in [0.2, 0.25) is 0 Å². The second-order valence-corrected chi connectivity index (χ2v) is 13.6. The summed E-state index contributed by atoms with van der Waals surface area (Å²) in [5, 5.41) is 6.28. The van der Waals surface area contributed by atoms with E-state index in [9.17, 15) is 0 Å². The van der Waals surface area contributed by atoms with Gasteiger partial charge >= 0.3 is 0 Å². The van der Waals surface area contributed by atoms with Gasteiger partial charge in [-0.05, 0) is 71.5 Å². The van der Waals surface area contributed by atoms with E-state index in [2.05, 4.69) is 181 Å². The topological polar surface area (TPSA) is 37.1 Å². The van der Waals surface area contributed by atoms with Crippen molar-refractivity contribution in [2.24, 2.45) is 0 Å². The van der Waals surface area contributed by atoms with Crippen molar-refractivity contribution in [2.75, 3.05) is 10.1 Å². The molecule has 0 bridgehead atoms.